The van der Waals surface area contributed by atoms with Crippen molar-refractivity contribution in [1.29, 1.82) is 0 Å². The third-order valence-corrected chi connectivity index (χ3v) is 8.23. The van der Waals surface area contributed by atoms with Crippen molar-refractivity contribution in [2.24, 2.45) is 10.2 Å². The molecule has 0 unspecified atom stereocenters. The average Bonchev–Trinajstić information content (AvgIpc) is 2.98. The van der Waals surface area contributed by atoms with E-state index < -0.39 is 0 Å². The smallest absolute Gasteiger partial charge is 0.147 e. The van der Waals surface area contributed by atoms with Gasteiger partial charge < -0.3 is 4.74 Å². The van der Waals surface area contributed by atoms with Crippen molar-refractivity contribution < 1.29 is 4.74 Å². The molecule has 41 heavy (non-hydrogen) atoms. The van der Waals surface area contributed by atoms with Crippen LogP contribution in [0, 0.1) is 13.8 Å². The maximum absolute atomic E-state index is 6.26. The number of fused-ring (bicyclic) bond motifs is 1. The number of azo groups is 1. The molecule has 0 N–H and O–H groups in total. The first-order valence-corrected chi connectivity index (χ1v) is 16.8. The number of unbranched alkanes of at least 4 members (excludes halogenated alkanes) is 17. The summed E-state index contributed by atoms with van der Waals surface area (Å²) in [5.41, 5.74) is 4.10. The van der Waals surface area contributed by atoms with E-state index in [0.717, 1.165) is 46.5 Å². The molecule has 0 radical (unpaired) electrons. The molecule has 0 heterocycles. The predicted molar refractivity (Wildman–Crippen MR) is 178 cm³/mol. The Labute approximate surface area is 251 Å². The van der Waals surface area contributed by atoms with Crippen LogP contribution in [0.15, 0.2) is 64.8 Å². The molecule has 3 aromatic carbocycles. The highest BCUT2D eigenvalue weighted by Crippen LogP contribution is 2.37. The van der Waals surface area contributed by atoms with Crippen molar-refractivity contribution in [2.45, 2.75) is 136 Å². The third kappa shape index (κ3) is 12.8. The number of hydrogen-bond donors (Lipinski definition) is 0. The van der Waals surface area contributed by atoms with E-state index in [1.807, 2.05) is 12.1 Å². The molecule has 224 valence electrons. The summed E-state index contributed by atoms with van der Waals surface area (Å²) in [6.07, 6.45) is 25.0. The van der Waals surface area contributed by atoms with E-state index >= 15 is 0 Å². The third-order valence-electron chi connectivity index (χ3n) is 8.23. The van der Waals surface area contributed by atoms with Crippen LogP contribution < -0.4 is 4.74 Å². The molecule has 0 aliphatic carbocycles. The minimum Gasteiger partial charge on any atom is -0.491 e. The molecule has 0 saturated heterocycles. The van der Waals surface area contributed by atoms with Gasteiger partial charge in [0.1, 0.15) is 11.4 Å². The highest BCUT2D eigenvalue weighted by molar-refractivity contribution is 5.95. The number of ether oxygens (including phenoxy) is 1. The SMILES string of the molecule is CCCCCCCCCCCCCCCCCCCCOc1ccc2ccccc2c1N=Nc1ccc(C)cc1C. The number of aryl methyl sites for hydroxylation is 2. The average molecular weight is 557 g/mol. The normalized spacial score (nSPS) is 11.6. The molecule has 0 aliphatic heterocycles. The van der Waals surface area contributed by atoms with E-state index in [0.29, 0.717) is 0 Å². The summed E-state index contributed by atoms with van der Waals surface area (Å²) in [5.74, 6) is 0.823. The largest absolute Gasteiger partial charge is 0.491 e. The zero-order valence-electron chi connectivity index (χ0n) is 26.4. The molecule has 3 aromatic rings. The molecule has 0 aliphatic rings. The number of hydrogen-bond acceptors (Lipinski definition) is 3. The highest BCUT2D eigenvalue weighted by atomic mass is 16.5. The van der Waals surface area contributed by atoms with Crippen LogP contribution in [0.3, 0.4) is 0 Å². The lowest BCUT2D eigenvalue weighted by molar-refractivity contribution is 0.305. The van der Waals surface area contributed by atoms with Crippen molar-refractivity contribution in [3.8, 4) is 5.75 Å². The second-order valence-corrected chi connectivity index (χ2v) is 12.0. The number of benzene rings is 3. The Hall–Kier alpha value is -2.68. The summed E-state index contributed by atoms with van der Waals surface area (Å²) in [6.45, 7) is 7.21. The molecule has 0 saturated carbocycles. The molecule has 3 rings (SSSR count). The highest BCUT2D eigenvalue weighted by Gasteiger charge is 2.09. The van der Waals surface area contributed by atoms with Crippen molar-refractivity contribution in [3.63, 3.8) is 0 Å². The van der Waals surface area contributed by atoms with Crippen LogP contribution in [-0.2, 0) is 0 Å². The zero-order chi connectivity index (χ0) is 29.0. The van der Waals surface area contributed by atoms with Crippen LogP contribution >= 0.6 is 0 Å². The summed E-state index contributed by atoms with van der Waals surface area (Å²) in [7, 11) is 0. The summed E-state index contributed by atoms with van der Waals surface area (Å²) >= 11 is 0. The van der Waals surface area contributed by atoms with Gasteiger partial charge in [-0.25, -0.2) is 0 Å². The van der Waals surface area contributed by atoms with Gasteiger partial charge >= 0.3 is 0 Å². The first-order valence-electron chi connectivity index (χ1n) is 16.8. The van der Waals surface area contributed by atoms with Crippen molar-refractivity contribution in [3.05, 3.63) is 65.7 Å². The second kappa shape index (κ2) is 20.2. The Morgan fingerprint density at radius 1 is 0.561 bits per heavy atom. The number of rotatable bonds is 22. The van der Waals surface area contributed by atoms with Gasteiger partial charge in [-0.15, -0.1) is 5.11 Å². The van der Waals surface area contributed by atoms with E-state index in [4.69, 9.17) is 9.85 Å². The summed E-state index contributed by atoms with van der Waals surface area (Å²) in [5, 5.41) is 11.5. The van der Waals surface area contributed by atoms with E-state index in [2.05, 4.69) is 68.4 Å². The molecule has 3 nitrogen and oxygen atoms in total. The fourth-order valence-electron chi connectivity index (χ4n) is 5.66. The van der Waals surface area contributed by atoms with Gasteiger partial charge in [-0.3, -0.25) is 0 Å². The second-order valence-electron chi connectivity index (χ2n) is 12.0. The predicted octanol–water partition coefficient (Wildman–Crippen LogP) is 13.3. The molecular formula is C38H56N2O. The number of nitrogens with zero attached hydrogens (tertiary/aromatic N) is 2. The van der Waals surface area contributed by atoms with Crippen LogP contribution in [0.4, 0.5) is 11.4 Å². The van der Waals surface area contributed by atoms with Gasteiger partial charge in [0.25, 0.3) is 0 Å². The van der Waals surface area contributed by atoms with E-state index in [1.54, 1.807) is 0 Å². The van der Waals surface area contributed by atoms with Crippen LogP contribution in [0.1, 0.15) is 134 Å². The molecular weight excluding hydrogens is 500 g/mol. The van der Waals surface area contributed by atoms with Gasteiger partial charge in [0.15, 0.2) is 0 Å². The van der Waals surface area contributed by atoms with Gasteiger partial charge in [0.2, 0.25) is 0 Å². The Morgan fingerprint density at radius 3 is 1.71 bits per heavy atom. The van der Waals surface area contributed by atoms with E-state index in [-0.39, 0.29) is 0 Å². The van der Waals surface area contributed by atoms with Crippen LogP contribution in [0.2, 0.25) is 0 Å². The molecule has 0 atom stereocenters. The standard InChI is InChI=1S/C38H56N2O/c1-4-5-6-7-8-9-10-11-12-13-14-15-16-17-18-19-20-23-30-41-37-29-27-34-24-21-22-25-35(34)38(37)40-39-36-28-26-32(2)31-33(36)3/h21-22,24-29,31H,4-20,23,30H2,1-3H3. The minimum absolute atomic E-state index is 0.725. The van der Waals surface area contributed by atoms with Gasteiger partial charge in [-0.05, 0) is 43.4 Å². The lowest BCUT2D eigenvalue weighted by Crippen LogP contribution is -1.98. The zero-order valence-corrected chi connectivity index (χ0v) is 26.4. The van der Waals surface area contributed by atoms with E-state index in [1.165, 1.54) is 115 Å². The quantitative estimate of drug-likeness (QED) is 0.0895. The fourth-order valence-corrected chi connectivity index (χ4v) is 5.66. The maximum atomic E-state index is 6.26. The van der Waals surface area contributed by atoms with Crippen LogP contribution in [0.5, 0.6) is 5.75 Å². The minimum atomic E-state index is 0.725. The first-order chi connectivity index (χ1) is 20.2. The summed E-state index contributed by atoms with van der Waals surface area (Å²) < 4.78 is 6.26. The molecule has 0 spiro atoms. The fraction of sp³-hybridized carbons (Fsp3) is 0.579. The maximum Gasteiger partial charge on any atom is 0.147 e. The van der Waals surface area contributed by atoms with Crippen molar-refractivity contribution in [1.82, 2.24) is 0 Å². The Morgan fingerprint density at radius 2 is 1.12 bits per heavy atom. The van der Waals surface area contributed by atoms with Gasteiger partial charge in [0, 0.05) is 5.39 Å². The van der Waals surface area contributed by atoms with Crippen molar-refractivity contribution >= 4 is 22.1 Å². The van der Waals surface area contributed by atoms with Crippen LogP contribution in [0.25, 0.3) is 10.8 Å². The summed E-state index contributed by atoms with van der Waals surface area (Å²) in [6, 6.07) is 18.8. The van der Waals surface area contributed by atoms with Gasteiger partial charge in [0.05, 0.1) is 12.3 Å². The van der Waals surface area contributed by atoms with Crippen molar-refractivity contribution in [2.75, 3.05) is 6.61 Å². The monoisotopic (exact) mass is 556 g/mol. The first kappa shape index (κ1) is 32.8. The molecule has 0 bridgehead atoms. The molecule has 0 aromatic heterocycles. The Balaban J connectivity index is 1.28. The lowest BCUT2D eigenvalue weighted by atomic mass is 10.0. The van der Waals surface area contributed by atoms with Gasteiger partial charge in [-0.1, -0.05) is 164 Å². The van der Waals surface area contributed by atoms with E-state index in [9.17, 15) is 0 Å². The molecule has 0 amide bonds. The Kier molecular flexibility index (Phi) is 16.2. The topological polar surface area (TPSA) is 34.0 Å². The molecule has 0 fully saturated rings. The Bertz CT molecular complexity index is 1150. The summed E-state index contributed by atoms with van der Waals surface area (Å²) in [4.78, 5) is 0. The van der Waals surface area contributed by atoms with Crippen LogP contribution in [-0.4, -0.2) is 6.61 Å². The van der Waals surface area contributed by atoms with Gasteiger partial charge in [-0.2, -0.15) is 5.11 Å². The molecule has 3 heteroatoms. The lowest BCUT2D eigenvalue weighted by Gasteiger charge is -2.11.